The Hall–Kier alpha value is -1.82. The molecule has 4 N–H and O–H groups in total. The van der Waals surface area contributed by atoms with E-state index in [1.54, 1.807) is 6.20 Å². The summed E-state index contributed by atoms with van der Waals surface area (Å²) in [5.41, 5.74) is 5.94. The number of unbranched alkanes of at least 4 members (excludes halogenated alkanes) is 1. The smallest absolute Gasteiger partial charge is 0.188 e. The lowest BCUT2D eigenvalue weighted by molar-refractivity contribution is 0.273. The van der Waals surface area contributed by atoms with Gasteiger partial charge in [-0.15, -0.1) is 0 Å². The number of rotatable bonds is 9. The van der Waals surface area contributed by atoms with Crippen molar-refractivity contribution in [2.75, 3.05) is 38.0 Å². The lowest BCUT2D eigenvalue weighted by atomic mass is 10.2. The highest BCUT2D eigenvalue weighted by Crippen LogP contribution is 2.16. The quantitative estimate of drug-likeness (QED) is 0.367. The molecule has 2 rings (SSSR count). The maximum Gasteiger partial charge on any atom is 0.188 e. The zero-order chi connectivity index (χ0) is 16.3. The summed E-state index contributed by atoms with van der Waals surface area (Å²) in [6.07, 6.45) is 6.45. The molecule has 1 saturated heterocycles. The van der Waals surface area contributed by atoms with Crippen LogP contribution in [0.25, 0.3) is 0 Å². The molecule has 1 aromatic heterocycles. The van der Waals surface area contributed by atoms with E-state index in [9.17, 15) is 0 Å². The Kier molecular flexibility index (Phi) is 7.66. The van der Waals surface area contributed by atoms with E-state index >= 15 is 0 Å². The van der Waals surface area contributed by atoms with Gasteiger partial charge in [-0.25, -0.2) is 4.98 Å². The van der Waals surface area contributed by atoms with E-state index in [0.29, 0.717) is 12.0 Å². The van der Waals surface area contributed by atoms with Crippen LogP contribution in [0.1, 0.15) is 32.6 Å². The van der Waals surface area contributed by atoms with E-state index < -0.39 is 0 Å². The van der Waals surface area contributed by atoms with Crippen molar-refractivity contribution in [2.24, 2.45) is 10.7 Å². The van der Waals surface area contributed by atoms with Crippen LogP contribution >= 0.6 is 0 Å². The number of hydrogen-bond acceptors (Lipinski definition) is 4. The molecule has 1 aliphatic heterocycles. The summed E-state index contributed by atoms with van der Waals surface area (Å²) in [4.78, 5) is 11.2. The standard InChI is InChI=1S/C17H30N6/c1-2-23-13-7-8-15(23)14-22-17(18)21-12-6-5-11-20-16-9-3-4-10-19-16/h3-4,9-10,15H,2,5-8,11-14H2,1H3,(H,19,20)(H3,18,21,22). The molecular formula is C17H30N6. The minimum Gasteiger partial charge on any atom is -0.370 e. The minimum atomic E-state index is 0.572. The van der Waals surface area contributed by atoms with Crippen molar-refractivity contribution >= 4 is 11.8 Å². The molecule has 1 aliphatic rings. The lowest BCUT2D eigenvalue weighted by Crippen LogP contribution is -2.36. The Morgan fingerprint density at radius 1 is 1.39 bits per heavy atom. The molecule has 1 atom stereocenters. The number of anilines is 1. The molecule has 23 heavy (non-hydrogen) atoms. The third-order valence-electron chi connectivity index (χ3n) is 4.26. The van der Waals surface area contributed by atoms with Gasteiger partial charge in [0.25, 0.3) is 0 Å². The molecule has 1 aromatic rings. The summed E-state index contributed by atoms with van der Waals surface area (Å²) in [5, 5.41) is 6.50. The number of nitrogens with zero attached hydrogens (tertiary/aromatic N) is 3. The second kappa shape index (κ2) is 10.0. The van der Waals surface area contributed by atoms with Crippen LogP contribution in [0, 0.1) is 0 Å². The van der Waals surface area contributed by atoms with Crippen molar-refractivity contribution in [3.05, 3.63) is 24.4 Å². The number of hydrogen-bond donors (Lipinski definition) is 3. The van der Waals surface area contributed by atoms with E-state index in [4.69, 9.17) is 5.73 Å². The normalized spacial score (nSPS) is 19.0. The highest BCUT2D eigenvalue weighted by atomic mass is 15.2. The van der Waals surface area contributed by atoms with Crippen LogP contribution < -0.4 is 16.4 Å². The Morgan fingerprint density at radius 3 is 3.04 bits per heavy atom. The van der Waals surface area contributed by atoms with E-state index in [0.717, 1.165) is 44.8 Å². The maximum atomic E-state index is 5.94. The molecule has 0 amide bonds. The van der Waals surface area contributed by atoms with E-state index in [-0.39, 0.29) is 0 Å². The zero-order valence-electron chi connectivity index (χ0n) is 14.2. The Bertz CT molecular complexity index is 461. The average Bonchev–Trinajstić information content (AvgIpc) is 3.04. The Morgan fingerprint density at radius 2 is 2.26 bits per heavy atom. The molecule has 0 spiro atoms. The summed E-state index contributed by atoms with van der Waals surface area (Å²) in [7, 11) is 0. The molecule has 0 radical (unpaired) electrons. The molecule has 128 valence electrons. The molecule has 6 heteroatoms. The summed E-state index contributed by atoms with van der Waals surface area (Å²) in [5.74, 6) is 1.50. The summed E-state index contributed by atoms with van der Waals surface area (Å²) in [6, 6.07) is 6.45. The summed E-state index contributed by atoms with van der Waals surface area (Å²) in [6.45, 7) is 7.12. The minimum absolute atomic E-state index is 0.572. The predicted octanol–water partition coefficient (Wildman–Crippen LogP) is 1.66. The fourth-order valence-electron chi connectivity index (χ4n) is 2.93. The first-order valence-electron chi connectivity index (χ1n) is 8.72. The van der Waals surface area contributed by atoms with Gasteiger partial charge in [-0.1, -0.05) is 13.0 Å². The first-order chi connectivity index (χ1) is 11.3. The van der Waals surface area contributed by atoms with Crippen LogP contribution in [0.4, 0.5) is 5.82 Å². The third kappa shape index (κ3) is 6.44. The SMILES string of the molecule is CCN1CCCC1CN=C(N)NCCCCNc1ccccn1. The molecule has 2 heterocycles. The highest BCUT2D eigenvalue weighted by Gasteiger charge is 2.22. The predicted molar refractivity (Wildman–Crippen MR) is 96.7 cm³/mol. The van der Waals surface area contributed by atoms with Crippen molar-refractivity contribution in [2.45, 2.75) is 38.6 Å². The van der Waals surface area contributed by atoms with Gasteiger partial charge in [0.05, 0.1) is 6.54 Å². The van der Waals surface area contributed by atoms with Gasteiger partial charge in [-0.05, 0) is 50.9 Å². The first-order valence-corrected chi connectivity index (χ1v) is 8.72. The number of guanidine groups is 1. The average molecular weight is 318 g/mol. The fourth-order valence-corrected chi connectivity index (χ4v) is 2.93. The van der Waals surface area contributed by atoms with Gasteiger partial charge in [0.15, 0.2) is 5.96 Å². The van der Waals surface area contributed by atoms with Gasteiger partial charge >= 0.3 is 0 Å². The van der Waals surface area contributed by atoms with Crippen LogP contribution in [0.2, 0.25) is 0 Å². The van der Waals surface area contributed by atoms with Crippen molar-refractivity contribution in [1.29, 1.82) is 0 Å². The number of aromatic nitrogens is 1. The Balaban J connectivity index is 1.52. The summed E-state index contributed by atoms with van der Waals surface area (Å²) >= 11 is 0. The first kappa shape index (κ1) is 17.5. The van der Waals surface area contributed by atoms with Crippen molar-refractivity contribution in [3.63, 3.8) is 0 Å². The van der Waals surface area contributed by atoms with Crippen molar-refractivity contribution in [3.8, 4) is 0 Å². The van der Waals surface area contributed by atoms with Crippen LogP contribution in [-0.4, -0.2) is 54.6 Å². The number of likely N-dealkylation sites (N-methyl/N-ethyl adjacent to an activating group) is 1. The maximum absolute atomic E-state index is 5.94. The van der Waals surface area contributed by atoms with Crippen molar-refractivity contribution in [1.82, 2.24) is 15.2 Å². The lowest BCUT2D eigenvalue weighted by Gasteiger charge is -2.20. The van der Waals surface area contributed by atoms with Gasteiger partial charge < -0.3 is 16.4 Å². The van der Waals surface area contributed by atoms with Crippen molar-refractivity contribution < 1.29 is 0 Å². The van der Waals surface area contributed by atoms with Crippen LogP contribution in [0.3, 0.4) is 0 Å². The number of nitrogens with one attached hydrogen (secondary N) is 2. The van der Waals surface area contributed by atoms with E-state index in [1.165, 1.54) is 19.4 Å². The number of aliphatic imine (C=N–C) groups is 1. The number of likely N-dealkylation sites (tertiary alicyclic amines) is 1. The van der Waals surface area contributed by atoms with Crippen LogP contribution in [-0.2, 0) is 0 Å². The molecule has 0 aromatic carbocycles. The van der Waals surface area contributed by atoms with E-state index in [1.807, 2.05) is 18.2 Å². The Labute approximate surface area is 139 Å². The largest absolute Gasteiger partial charge is 0.370 e. The molecule has 0 bridgehead atoms. The molecule has 0 aliphatic carbocycles. The third-order valence-corrected chi connectivity index (χ3v) is 4.26. The molecule has 0 saturated carbocycles. The van der Waals surface area contributed by atoms with Gasteiger partial charge in [0, 0.05) is 25.3 Å². The molecule has 1 unspecified atom stereocenters. The summed E-state index contributed by atoms with van der Waals surface area (Å²) < 4.78 is 0. The monoisotopic (exact) mass is 318 g/mol. The second-order valence-corrected chi connectivity index (χ2v) is 5.93. The van der Waals surface area contributed by atoms with Gasteiger partial charge in [0.2, 0.25) is 0 Å². The second-order valence-electron chi connectivity index (χ2n) is 5.93. The number of nitrogens with two attached hydrogens (primary N) is 1. The van der Waals surface area contributed by atoms with E-state index in [2.05, 4.69) is 32.4 Å². The number of pyridine rings is 1. The zero-order valence-corrected chi connectivity index (χ0v) is 14.2. The highest BCUT2D eigenvalue weighted by molar-refractivity contribution is 5.77. The van der Waals surface area contributed by atoms with Gasteiger partial charge in [-0.2, -0.15) is 0 Å². The fraction of sp³-hybridized carbons (Fsp3) is 0.647. The topological polar surface area (TPSA) is 78.6 Å². The van der Waals surface area contributed by atoms with Crippen LogP contribution in [0.15, 0.2) is 29.4 Å². The van der Waals surface area contributed by atoms with Gasteiger partial charge in [0.1, 0.15) is 5.82 Å². The molecule has 1 fully saturated rings. The molecular weight excluding hydrogens is 288 g/mol. The molecule has 6 nitrogen and oxygen atoms in total. The van der Waals surface area contributed by atoms with Crippen LogP contribution in [0.5, 0.6) is 0 Å². The van der Waals surface area contributed by atoms with Gasteiger partial charge in [-0.3, -0.25) is 9.89 Å².